The lowest BCUT2D eigenvalue weighted by Gasteiger charge is -2.51. The molecule has 3 nitrogen and oxygen atoms in total. The molecule has 3 unspecified atom stereocenters. The summed E-state index contributed by atoms with van der Waals surface area (Å²) in [5, 5.41) is 9.89. The fraction of sp³-hybridized carbons (Fsp3) is 0.571. The summed E-state index contributed by atoms with van der Waals surface area (Å²) in [5.74, 6) is 0.325. The van der Waals surface area contributed by atoms with Crippen molar-refractivity contribution in [2.24, 2.45) is 5.41 Å². The van der Waals surface area contributed by atoms with Gasteiger partial charge < -0.3 is 5.11 Å². The number of aliphatic hydroxyl groups excluding tert-OH is 1. The van der Waals surface area contributed by atoms with Crippen LogP contribution in [0.5, 0.6) is 0 Å². The fourth-order valence-electron chi connectivity index (χ4n) is 2.78. The van der Waals surface area contributed by atoms with E-state index in [1.54, 1.807) is 12.1 Å². The Hall–Kier alpha value is -0.870. The van der Waals surface area contributed by atoms with E-state index >= 15 is 0 Å². The summed E-state index contributed by atoms with van der Waals surface area (Å²) >= 11 is 0. The van der Waals surface area contributed by atoms with Crippen molar-refractivity contribution in [3.05, 3.63) is 29.8 Å². The van der Waals surface area contributed by atoms with Crippen LogP contribution in [0.1, 0.15) is 38.2 Å². The summed E-state index contributed by atoms with van der Waals surface area (Å²) in [4.78, 5) is 0.351. The minimum atomic E-state index is -3.13. The Morgan fingerprint density at radius 3 is 2.28 bits per heavy atom. The summed E-state index contributed by atoms with van der Waals surface area (Å²) in [6.07, 6.45) is 2.66. The molecule has 1 N–H and O–H groups in total. The third-order valence-corrected chi connectivity index (χ3v) is 5.62. The Morgan fingerprint density at radius 2 is 1.89 bits per heavy atom. The van der Waals surface area contributed by atoms with Crippen molar-refractivity contribution in [2.75, 3.05) is 6.26 Å². The van der Waals surface area contributed by atoms with Gasteiger partial charge in [0, 0.05) is 11.7 Å². The zero-order valence-electron chi connectivity index (χ0n) is 11.1. The van der Waals surface area contributed by atoms with Crippen LogP contribution in [0.15, 0.2) is 29.2 Å². The van der Waals surface area contributed by atoms with Crippen LogP contribution in [0.25, 0.3) is 0 Å². The van der Waals surface area contributed by atoms with E-state index in [0.29, 0.717) is 10.8 Å². The van der Waals surface area contributed by atoms with Crippen molar-refractivity contribution in [1.82, 2.24) is 0 Å². The van der Waals surface area contributed by atoms with E-state index in [1.165, 1.54) is 6.26 Å². The molecule has 1 aromatic carbocycles. The molecule has 3 atom stereocenters. The SMILES string of the molecule is CCC1(C)C(O)CC1c1ccc(S(C)(=O)=O)cc1. The smallest absolute Gasteiger partial charge is 0.175 e. The van der Waals surface area contributed by atoms with E-state index < -0.39 is 9.84 Å². The largest absolute Gasteiger partial charge is 0.393 e. The molecule has 0 saturated heterocycles. The first-order chi connectivity index (χ1) is 8.29. The molecule has 4 heteroatoms. The van der Waals surface area contributed by atoms with Crippen LogP contribution >= 0.6 is 0 Å². The lowest BCUT2D eigenvalue weighted by atomic mass is 9.55. The normalized spacial score (nSPS) is 32.0. The summed E-state index contributed by atoms with van der Waals surface area (Å²) in [5.41, 5.74) is 1.05. The molecule has 1 aliphatic rings. The highest BCUT2D eigenvalue weighted by Gasteiger charge is 2.49. The van der Waals surface area contributed by atoms with Crippen LogP contribution in [0.3, 0.4) is 0 Å². The van der Waals surface area contributed by atoms with Crippen molar-refractivity contribution in [3.8, 4) is 0 Å². The molecule has 0 aliphatic heterocycles. The maximum atomic E-state index is 11.4. The van der Waals surface area contributed by atoms with Crippen molar-refractivity contribution in [1.29, 1.82) is 0 Å². The Morgan fingerprint density at radius 1 is 1.33 bits per heavy atom. The number of benzene rings is 1. The molecular weight excluding hydrogens is 248 g/mol. The average Bonchev–Trinajstić information content (AvgIpc) is 2.34. The highest BCUT2D eigenvalue weighted by atomic mass is 32.2. The van der Waals surface area contributed by atoms with Gasteiger partial charge in [-0.2, -0.15) is 0 Å². The Bertz CT molecular complexity index is 533. The zero-order chi connectivity index (χ0) is 13.6. The van der Waals surface area contributed by atoms with Gasteiger partial charge in [-0.3, -0.25) is 0 Å². The van der Waals surface area contributed by atoms with Crippen LogP contribution in [-0.4, -0.2) is 25.9 Å². The van der Waals surface area contributed by atoms with Crippen molar-refractivity contribution < 1.29 is 13.5 Å². The van der Waals surface area contributed by atoms with Gasteiger partial charge in [0.05, 0.1) is 11.0 Å². The molecule has 0 radical (unpaired) electrons. The standard InChI is InChI=1S/C14H20O3S/c1-4-14(2)12(9-13(14)15)10-5-7-11(8-6-10)18(3,16)17/h5-8,12-13,15H,4,9H2,1-3H3. The van der Waals surface area contributed by atoms with Gasteiger partial charge >= 0.3 is 0 Å². The molecule has 1 saturated carbocycles. The molecule has 1 fully saturated rings. The minimum absolute atomic E-state index is 0.0768. The van der Waals surface area contributed by atoms with Gasteiger partial charge in [-0.15, -0.1) is 0 Å². The second-order valence-corrected chi connectivity index (χ2v) is 7.52. The molecule has 0 aromatic heterocycles. The zero-order valence-corrected chi connectivity index (χ0v) is 11.9. The van der Waals surface area contributed by atoms with E-state index in [1.807, 2.05) is 12.1 Å². The third kappa shape index (κ3) is 2.08. The summed E-state index contributed by atoms with van der Waals surface area (Å²) in [6, 6.07) is 7.07. The lowest BCUT2D eigenvalue weighted by molar-refractivity contribution is -0.0777. The van der Waals surface area contributed by atoms with E-state index in [0.717, 1.165) is 18.4 Å². The first kappa shape index (κ1) is 13.6. The van der Waals surface area contributed by atoms with Gasteiger partial charge in [-0.25, -0.2) is 8.42 Å². The second-order valence-electron chi connectivity index (χ2n) is 5.50. The molecular formula is C14H20O3S. The quantitative estimate of drug-likeness (QED) is 0.915. The third-order valence-electron chi connectivity index (χ3n) is 4.49. The van der Waals surface area contributed by atoms with E-state index in [4.69, 9.17) is 0 Å². The van der Waals surface area contributed by atoms with Gasteiger partial charge in [-0.1, -0.05) is 26.0 Å². The highest BCUT2D eigenvalue weighted by molar-refractivity contribution is 7.90. The van der Waals surface area contributed by atoms with Crippen molar-refractivity contribution in [2.45, 2.75) is 43.6 Å². The molecule has 0 heterocycles. The van der Waals surface area contributed by atoms with Crippen molar-refractivity contribution in [3.63, 3.8) is 0 Å². The van der Waals surface area contributed by atoms with Gasteiger partial charge in [0.2, 0.25) is 0 Å². The molecule has 2 rings (SSSR count). The van der Waals surface area contributed by atoms with E-state index in [2.05, 4.69) is 13.8 Å². The Kier molecular flexibility index (Phi) is 3.28. The second kappa shape index (κ2) is 4.35. The maximum Gasteiger partial charge on any atom is 0.175 e. The topological polar surface area (TPSA) is 54.4 Å². The number of hydrogen-bond donors (Lipinski definition) is 1. The first-order valence-corrected chi connectivity index (χ1v) is 8.16. The summed E-state index contributed by atoms with van der Waals surface area (Å²) in [6.45, 7) is 4.18. The van der Waals surface area contributed by atoms with E-state index in [-0.39, 0.29) is 11.5 Å². The van der Waals surface area contributed by atoms with Crippen LogP contribution < -0.4 is 0 Å². The van der Waals surface area contributed by atoms with Gasteiger partial charge in [0.15, 0.2) is 9.84 Å². The average molecular weight is 268 g/mol. The van der Waals surface area contributed by atoms with Gasteiger partial charge in [-0.05, 0) is 36.5 Å². The number of sulfone groups is 1. The lowest BCUT2D eigenvalue weighted by Crippen LogP contribution is -2.49. The number of hydrogen-bond acceptors (Lipinski definition) is 3. The fourth-order valence-corrected chi connectivity index (χ4v) is 3.41. The molecule has 0 bridgehead atoms. The number of aliphatic hydroxyl groups is 1. The Balaban J connectivity index is 2.27. The predicted octanol–water partition coefficient (Wildman–Crippen LogP) is 2.35. The monoisotopic (exact) mass is 268 g/mol. The van der Waals surface area contributed by atoms with Gasteiger partial charge in [0.1, 0.15) is 0 Å². The first-order valence-electron chi connectivity index (χ1n) is 6.27. The van der Waals surface area contributed by atoms with Crippen LogP contribution in [0.2, 0.25) is 0 Å². The van der Waals surface area contributed by atoms with Gasteiger partial charge in [0.25, 0.3) is 0 Å². The molecule has 1 aromatic rings. The molecule has 100 valence electrons. The minimum Gasteiger partial charge on any atom is -0.393 e. The Labute approximate surface area is 109 Å². The van der Waals surface area contributed by atoms with Crippen LogP contribution in [-0.2, 0) is 9.84 Å². The van der Waals surface area contributed by atoms with E-state index in [9.17, 15) is 13.5 Å². The maximum absolute atomic E-state index is 11.4. The molecule has 0 spiro atoms. The molecule has 0 amide bonds. The predicted molar refractivity (Wildman–Crippen MR) is 71.3 cm³/mol. The molecule has 18 heavy (non-hydrogen) atoms. The summed E-state index contributed by atoms with van der Waals surface area (Å²) in [7, 11) is -3.13. The van der Waals surface area contributed by atoms with Crippen molar-refractivity contribution >= 4 is 9.84 Å². The van der Waals surface area contributed by atoms with Crippen LogP contribution in [0.4, 0.5) is 0 Å². The van der Waals surface area contributed by atoms with Crippen LogP contribution in [0, 0.1) is 5.41 Å². The number of rotatable bonds is 3. The molecule has 1 aliphatic carbocycles. The highest BCUT2D eigenvalue weighted by Crippen LogP contribution is 2.54. The summed E-state index contributed by atoms with van der Waals surface area (Å²) < 4.78 is 22.8.